The number of alkyl halides is 1. The summed E-state index contributed by atoms with van der Waals surface area (Å²) in [7, 11) is 6.66. The van der Waals surface area contributed by atoms with E-state index >= 15 is 0 Å². The quantitative estimate of drug-likeness (QED) is 0.0352. The molecule has 0 bridgehead atoms. The first kappa shape index (κ1) is 50.3. The molecule has 0 heterocycles. The average molecular weight is 878 g/mol. The maximum Gasteiger partial charge on any atom is 0.143 e. The fourth-order valence-electron chi connectivity index (χ4n) is 7.25. The van der Waals surface area contributed by atoms with E-state index < -0.39 is 10.5 Å². The summed E-state index contributed by atoms with van der Waals surface area (Å²) in [6.07, 6.45) is 7.62. The molecule has 0 spiro atoms. The number of aliphatic hydroxyl groups is 3. The number of ether oxygens (including phenoxy) is 5. The summed E-state index contributed by atoms with van der Waals surface area (Å²) in [5.41, 5.74) is 5.39. The molecule has 6 rings (SSSR count). The molecule has 0 aromatic heterocycles. The third kappa shape index (κ3) is 14.3. The van der Waals surface area contributed by atoms with Gasteiger partial charge in [-0.1, -0.05) is 135 Å². The first-order chi connectivity index (χ1) is 30.8. The lowest BCUT2D eigenvalue weighted by atomic mass is 9.80. The minimum Gasteiger partial charge on any atom is -0.497 e. The van der Waals surface area contributed by atoms with Crippen LogP contribution in [0.2, 0.25) is 0 Å². The Morgan fingerprint density at radius 3 is 0.937 bits per heavy atom. The second-order valence-corrected chi connectivity index (χ2v) is 15.4. The lowest BCUT2D eigenvalue weighted by molar-refractivity contribution is 0.0105. The molecule has 3 N–H and O–H groups in total. The van der Waals surface area contributed by atoms with Crippen LogP contribution in [0.1, 0.15) is 84.7 Å². The summed E-state index contributed by atoms with van der Waals surface area (Å²) >= 11 is 7.22. The van der Waals surface area contributed by atoms with E-state index in [0.29, 0.717) is 6.61 Å². The van der Waals surface area contributed by atoms with Crippen molar-refractivity contribution in [3.63, 3.8) is 0 Å². The molecule has 9 heteroatoms. The van der Waals surface area contributed by atoms with Crippen LogP contribution in [0.4, 0.5) is 0 Å². The first-order valence-electron chi connectivity index (χ1n) is 21.7. The van der Waals surface area contributed by atoms with E-state index in [-0.39, 0.29) is 19.8 Å². The van der Waals surface area contributed by atoms with Crippen LogP contribution in [-0.4, -0.2) is 70.2 Å². The molecule has 0 unspecified atom stereocenters. The summed E-state index contributed by atoms with van der Waals surface area (Å²) in [5, 5.41) is 25.6. The van der Waals surface area contributed by atoms with Crippen molar-refractivity contribution in [3.8, 4) is 23.0 Å². The van der Waals surface area contributed by atoms with Crippen LogP contribution in [-0.2, 0) is 15.2 Å². The molecule has 0 saturated heterocycles. The topological polar surface area (TPSA) is 107 Å². The summed E-state index contributed by atoms with van der Waals surface area (Å²) in [6.45, 7) is 1.42. The Kier molecular flexibility index (Phi) is 22.1. The number of aliphatic hydroxyl groups excluding tert-OH is 3. The largest absolute Gasteiger partial charge is 0.497 e. The molecule has 0 aliphatic carbocycles. The molecule has 6 aromatic rings. The molecule has 336 valence electrons. The minimum atomic E-state index is -0.778. The van der Waals surface area contributed by atoms with Crippen molar-refractivity contribution in [2.75, 3.05) is 54.9 Å². The molecule has 0 atom stereocenters. The smallest absolute Gasteiger partial charge is 0.143 e. The number of hydrogen-bond acceptors (Lipinski definition) is 8. The van der Waals surface area contributed by atoms with E-state index in [2.05, 4.69) is 36.4 Å². The average Bonchev–Trinajstić information content (AvgIpc) is 3.36. The van der Waals surface area contributed by atoms with Crippen LogP contribution in [0.25, 0.3) is 0 Å². The Balaban J connectivity index is 0.000000241. The van der Waals surface area contributed by atoms with Crippen LogP contribution >= 0.6 is 11.6 Å². The van der Waals surface area contributed by atoms with Gasteiger partial charge in [-0.3, -0.25) is 0 Å². The molecular weight excluding hydrogens is 812 g/mol. The van der Waals surface area contributed by atoms with Gasteiger partial charge in [-0.05, 0) is 108 Å². The van der Waals surface area contributed by atoms with E-state index in [1.165, 1.54) is 0 Å². The maximum atomic E-state index is 9.03. The van der Waals surface area contributed by atoms with E-state index in [9.17, 15) is 0 Å². The summed E-state index contributed by atoms with van der Waals surface area (Å²) in [4.78, 5) is -0.778. The van der Waals surface area contributed by atoms with Gasteiger partial charge >= 0.3 is 0 Å². The predicted molar refractivity (Wildman–Crippen MR) is 255 cm³/mol. The number of rotatable bonds is 22. The molecule has 0 radical (unpaired) electrons. The van der Waals surface area contributed by atoms with Gasteiger partial charge in [0.2, 0.25) is 0 Å². The molecule has 0 fully saturated rings. The Labute approximate surface area is 380 Å². The van der Waals surface area contributed by atoms with Crippen molar-refractivity contribution < 1.29 is 39.0 Å². The number of halogens is 1. The van der Waals surface area contributed by atoms with Crippen LogP contribution < -0.4 is 18.9 Å². The molecule has 8 nitrogen and oxygen atoms in total. The maximum absolute atomic E-state index is 9.03. The zero-order valence-electron chi connectivity index (χ0n) is 37.3. The highest BCUT2D eigenvalue weighted by molar-refractivity contribution is 6.28. The third-order valence-electron chi connectivity index (χ3n) is 10.8. The van der Waals surface area contributed by atoms with Crippen LogP contribution in [0.15, 0.2) is 158 Å². The van der Waals surface area contributed by atoms with Gasteiger partial charge in [0, 0.05) is 26.4 Å². The fraction of sp³-hybridized carbons (Fsp3) is 0.333. The highest BCUT2D eigenvalue weighted by Crippen LogP contribution is 2.44. The Bertz CT molecular complexity index is 1980. The van der Waals surface area contributed by atoms with E-state index in [1.807, 2.05) is 121 Å². The third-order valence-corrected chi connectivity index (χ3v) is 11.4. The highest BCUT2D eigenvalue weighted by Gasteiger charge is 2.38. The van der Waals surface area contributed by atoms with Gasteiger partial charge < -0.3 is 39.0 Å². The molecule has 0 amide bonds. The van der Waals surface area contributed by atoms with Gasteiger partial charge in [0.15, 0.2) is 0 Å². The molecule has 0 aliphatic rings. The predicted octanol–water partition coefficient (Wildman–Crippen LogP) is 11.3. The highest BCUT2D eigenvalue weighted by atomic mass is 35.5. The zero-order valence-corrected chi connectivity index (χ0v) is 38.0. The molecule has 0 aliphatic heterocycles. The molecule has 63 heavy (non-hydrogen) atoms. The second-order valence-electron chi connectivity index (χ2n) is 14.8. The van der Waals surface area contributed by atoms with Crippen molar-refractivity contribution in [2.45, 2.75) is 61.8 Å². The lowest BCUT2D eigenvalue weighted by Gasteiger charge is -2.36. The van der Waals surface area contributed by atoms with Gasteiger partial charge in [0.25, 0.3) is 0 Å². The van der Waals surface area contributed by atoms with Crippen molar-refractivity contribution in [1.82, 2.24) is 0 Å². The van der Waals surface area contributed by atoms with Gasteiger partial charge in [-0.15, -0.1) is 11.6 Å². The lowest BCUT2D eigenvalue weighted by Crippen LogP contribution is -2.33. The van der Waals surface area contributed by atoms with Crippen molar-refractivity contribution in [3.05, 3.63) is 191 Å². The summed E-state index contributed by atoms with van der Waals surface area (Å²) in [6, 6.07) is 52.3. The number of methoxy groups -OCH3 is 4. The van der Waals surface area contributed by atoms with E-state index in [0.717, 1.165) is 108 Å². The number of hydrogen-bond donors (Lipinski definition) is 3. The van der Waals surface area contributed by atoms with Crippen molar-refractivity contribution >= 4 is 11.6 Å². The SMILES string of the molecule is COc1ccc(C(Cl)(c2ccccc2)c2ccc(OC)cc2)cc1.COc1ccc(C(OCCCCCCO)(c2ccccc2)c2ccc(OC)cc2)cc1.OCCCCCCO. The molecule has 6 aromatic carbocycles. The monoisotopic (exact) mass is 876 g/mol. The zero-order chi connectivity index (χ0) is 45.2. The van der Waals surface area contributed by atoms with E-state index in [4.69, 9.17) is 50.6 Å². The van der Waals surface area contributed by atoms with Crippen LogP contribution in [0, 0.1) is 0 Å². The fourth-order valence-corrected chi connectivity index (χ4v) is 7.63. The van der Waals surface area contributed by atoms with Gasteiger partial charge in [0.05, 0.1) is 28.4 Å². The Hall–Kier alpha value is -5.35. The van der Waals surface area contributed by atoms with Crippen LogP contribution in [0.5, 0.6) is 23.0 Å². The number of benzene rings is 6. The van der Waals surface area contributed by atoms with Gasteiger partial charge in [-0.2, -0.15) is 0 Å². The molecule has 0 saturated carbocycles. The normalized spacial score (nSPS) is 11.0. The first-order valence-corrected chi connectivity index (χ1v) is 22.1. The minimum absolute atomic E-state index is 0.243. The Morgan fingerprint density at radius 2 is 0.619 bits per heavy atom. The van der Waals surface area contributed by atoms with Crippen molar-refractivity contribution in [1.29, 1.82) is 0 Å². The van der Waals surface area contributed by atoms with E-state index in [1.54, 1.807) is 28.4 Å². The summed E-state index contributed by atoms with van der Waals surface area (Å²) < 4.78 is 28.1. The van der Waals surface area contributed by atoms with Crippen LogP contribution in [0.3, 0.4) is 0 Å². The van der Waals surface area contributed by atoms with Crippen molar-refractivity contribution in [2.24, 2.45) is 0 Å². The summed E-state index contributed by atoms with van der Waals surface area (Å²) in [5.74, 6) is 3.23. The van der Waals surface area contributed by atoms with Gasteiger partial charge in [-0.25, -0.2) is 0 Å². The number of unbranched alkanes of at least 4 members (excludes halogenated alkanes) is 6. The standard InChI is InChI=1S/C27H32O4.C21H19ClO2.C6H14O2/c1-29-25-16-12-23(13-17-25)27(22-10-6-5-7-11-22,31-21-9-4-3-8-20-28)24-14-18-26(30-2)19-15-24;1-23-19-12-8-17(9-13-19)21(22,16-6-4-3-5-7-16)18-10-14-20(24-2)15-11-18;7-5-3-1-2-4-6-8/h5-7,10-19,28H,3-4,8-9,20-21H2,1-2H3;3-15H,1-2H3;7-8H,1-6H2. The molecular formula is C54H65ClO8. The second kappa shape index (κ2) is 27.7. The Morgan fingerprint density at radius 1 is 0.349 bits per heavy atom. The van der Waals surface area contributed by atoms with Gasteiger partial charge in [0.1, 0.15) is 33.5 Å².